The zero-order valence-corrected chi connectivity index (χ0v) is 67.1. The smallest absolute Gasteiger partial charge is 0.462 e. The summed E-state index contributed by atoms with van der Waals surface area (Å²) in [6, 6.07) is 0. The lowest BCUT2D eigenvalue weighted by molar-refractivity contribution is -0.161. The number of carbonyl (C=O) groups is 4. The van der Waals surface area contributed by atoms with Crippen LogP contribution in [0.15, 0.2) is 194 Å². The van der Waals surface area contributed by atoms with Crippen molar-refractivity contribution in [3.05, 3.63) is 194 Å². The molecule has 0 saturated carbocycles. The predicted molar refractivity (Wildman–Crippen MR) is 436 cm³/mol. The van der Waals surface area contributed by atoms with Crippen LogP contribution in [0.5, 0.6) is 0 Å². The number of carbonyl (C=O) groups excluding carboxylic acids is 4. The molecule has 0 rings (SSSR count). The molecule has 598 valence electrons. The quantitative estimate of drug-likeness (QED) is 0.0169. The molecule has 0 amide bonds. The fraction of sp³-hybridized carbons (Fsp3) is 0.586. The number of hydrogen-bond acceptors (Lipinski definition) is 15. The molecule has 0 aliphatic carbocycles. The molecule has 3 N–H and O–H groups in total. The normalized spacial score (nSPS) is 14.9. The molecule has 0 bridgehead atoms. The van der Waals surface area contributed by atoms with E-state index in [9.17, 15) is 43.2 Å². The maximum absolute atomic E-state index is 13.1. The Morgan fingerprint density at radius 3 is 0.896 bits per heavy atom. The molecule has 5 atom stereocenters. The van der Waals surface area contributed by atoms with E-state index in [1.54, 1.807) is 12.2 Å². The lowest BCUT2D eigenvalue weighted by Crippen LogP contribution is -2.30. The van der Waals surface area contributed by atoms with Crippen molar-refractivity contribution in [1.29, 1.82) is 0 Å². The largest absolute Gasteiger partial charge is 0.472 e. The van der Waals surface area contributed by atoms with Gasteiger partial charge in [-0.25, -0.2) is 9.13 Å². The van der Waals surface area contributed by atoms with Crippen LogP contribution in [0, 0.1) is 0 Å². The molecular formula is C87H138O17P2. The minimum atomic E-state index is -5.02. The second-order valence-electron chi connectivity index (χ2n) is 25.5. The van der Waals surface area contributed by atoms with Gasteiger partial charge in [-0.05, 0) is 154 Å². The first-order chi connectivity index (χ1) is 51.7. The maximum Gasteiger partial charge on any atom is 0.472 e. The van der Waals surface area contributed by atoms with Crippen molar-refractivity contribution in [3.63, 3.8) is 0 Å². The average Bonchev–Trinajstić information content (AvgIpc) is 0.909. The zero-order valence-electron chi connectivity index (χ0n) is 65.3. The van der Waals surface area contributed by atoms with Crippen molar-refractivity contribution in [2.45, 2.75) is 290 Å². The van der Waals surface area contributed by atoms with Crippen molar-refractivity contribution in [2.24, 2.45) is 0 Å². The third-order valence-corrected chi connectivity index (χ3v) is 17.5. The first-order valence-electron chi connectivity index (χ1n) is 39.7. The Labute approximate surface area is 640 Å². The van der Waals surface area contributed by atoms with Crippen LogP contribution in [-0.2, 0) is 65.4 Å². The van der Waals surface area contributed by atoms with Crippen LogP contribution >= 0.6 is 15.6 Å². The summed E-state index contributed by atoms with van der Waals surface area (Å²) in [6.07, 6.45) is 94.6. The molecule has 0 aromatic heterocycles. The topological polar surface area (TPSA) is 237 Å². The average molecular weight is 1520 g/mol. The van der Waals surface area contributed by atoms with Crippen LogP contribution < -0.4 is 0 Å². The van der Waals surface area contributed by atoms with Crippen LogP contribution in [0.4, 0.5) is 0 Å². The summed E-state index contributed by atoms with van der Waals surface area (Å²) in [4.78, 5) is 72.9. The highest BCUT2D eigenvalue weighted by atomic mass is 31.2. The van der Waals surface area contributed by atoms with E-state index in [0.29, 0.717) is 32.1 Å². The van der Waals surface area contributed by atoms with Gasteiger partial charge in [0.05, 0.1) is 32.8 Å². The fourth-order valence-electron chi connectivity index (χ4n) is 9.66. The van der Waals surface area contributed by atoms with Gasteiger partial charge in [-0.15, -0.1) is 0 Å². The van der Waals surface area contributed by atoms with Gasteiger partial charge in [0, 0.05) is 19.3 Å². The molecule has 0 fully saturated rings. The first kappa shape index (κ1) is 99.9. The Balaban J connectivity index is 5.53. The van der Waals surface area contributed by atoms with Crippen molar-refractivity contribution in [2.75, 3.05) is 39.6 Å². The summed E-state index contributed by atoms with van der Waals surface area (Å²) in [5.41, 5.74) is 0. The van der Waals surface area contributed by atoms with Crippen molar-refractivity contribution >= 4 is 39.5 Å². The van der Waals surface area contributed by atoms with Crippen LogP contribution in [0.1, 0.15) is 272 Å². The molecule has 0 saturated heterocycles. The van der Waals surface area contributed by atoms with E-state index < -0.39 is 97.5 Å². The maximum atomic E-state index is 13.1. The molecule has 0 radical (unpaired) electrons. The van der Waals surface area contributed by atoms with Crippen LogP contribution in [0.3, 0.4) is 0 Å². The van der Waals surface area contributed by atoms with E-state index in [0.717, 1.165) is 167 Å². The standard InChI is InChI=1S/C87H138O17P2/c1-5-9-13-17-21-25-29-33-37-39-40-42-46-48-52-56-60-64-68-72-85(90)98-78-83(104-87(92)74-70-66-62-58-54-50-44-36-32-28-24-20-16-12-8-4)80-102-106(95,96)100-76-81(88)75-99-105(93,94)101-79-82(103-86(91)73-69-65-61-57-53-49-43-35-31-27-23-19-15-11-7-3)77-97-84(89)71-67-63-59-55-51-47-45-41-38-34-30-26-22-18-14-10-6-2/h9-11,13-15,21-28,33-38,40,42-44,48,52-53,57,60,64-65,69,81-83,88H,5-8,12,16-20,29-32,39,41,45-47,49-51,54-56,58-59,61-63,66-68,70-80H2,1-4H3,(H,93,94)(H,95,96)/b13-9-,14-10-,15-11-,25-21-,26-22-,27-23-,28-24-,37-33-,38-34-,42-40-,43-35-,44-36-,52-48-,57-53-,64-60-,69-65-. The number of ether oxygens (including phenoxy) is 4. The number of rotatable bonds is 72. The Bertz CT molecular complexity index is 2780. The van der Waals surface area contributed by atoms with Crippen LogP contribution in [0.2, 0.25) is 0 Å². The van der Waals surface area contributed by atoms with E-state index in [2.05, 4.69) is 180 Å². The van der Waals surface area contributed by atoms with E-state index in [1.807, 2.05) is 30.4 Å². The van der Waals surface area contributed by atoms with Crippen LogP contribution in [-0.4, -0.2) is 96.7 Å². The minimum Gasteiger partial charge on any atom is -0.462 e. The van der Waals surface area contributed by atoms with Crippen molar-refractivity contribution in [3.8, 4) is 0 Å². The van der Waals surface area contributed by atoms with Crippen LogP contribution in [0.25, 0.3) is 0 Å². The number of aliphatic hydroxyl groups is 1. The van der Waals surface area contributed by atoms with Gasteiger partial charge in [0.25, 0.3) is 0 Å². The minimum absolute atomic E-state index is 0.0237. The SMILES string of the molecule is CC/C=C\C/C=C\C/C=C\C/C=C\C/C=C\C/C=C\CCC(=O)OCC(COP(=O)(O)OCC(O)COP(=O)(O)OCC(COC(=O)CCCCCCCCC/C=C\C/C=C\C/C=C\CC)OC(=O)C/C=C\C/C=C\C/C=C\C/C=C\C/C=C\CC)OC(=O)CCCCCCC/C=C\C/C=C\CCCCC. The number of allylic oxidation sites excluding steroid dienone is 31. The summed E-state index contributed by atoms with van der Waals surface area (Å²) >= 11 is 0. The molecule has 0 heterocycles. The van der Waals surface area contributed by atoms with E-state index in [1.165, 1.54) is 19.3 Å². The van der Waals surface area contributed by atoms with Crippen molar-refractivity contribution in [1.82, 2.24) is 0 Å². The lowest BCUT2D eigenvalue weighted by Gasteiger charge is -2.21. The van der Waals surface area contributed by atoms with E-state index in [-0.39, 0.29) is 25.7 Å². The molecule has 0 aromatic carbocycles. The Morgan fingerprint density at radius 1 is 0.283 bits per heavy atom. The second-order valence-corrected chi connectivity index (χ2v) is 28.4. The predicted octanol–water partition coefficient (Wildman–Crippen LogP) is 23.3. The van der Waals surface area contributed by atoms with E-state index in [4.69, 9.17) is 37.0 Å². The summed E-state index contributed by atoms with van der Waals surface area (Å²) < 4.78 is 68.4. The molecule has 0 aromatic rings. The second kappa shape index (κ2) is 77.1. The van der Waals surface area contributed by atoms with Gasteiger partial charge in [-0.2, -0.15) is 0 Å². The molecular weight excluding hydrogens is 1380 g/mol. The summed E-state index contributed by atoms with van der Waals surface area (Å²) in [5.74, 6) is -2.47. The lowest BCUT2D eigenvalue weighted by atomic mass is 10.1. The molecule has 0 spiro atoms. The zero-order chi connectivity index (χ0) is 77.4. The third kappa shape index (κ3) is 76.1. The first-order valence-corrected chi connectivity index (χ1v) is 42.7. The molecule has 19 heteroatoms. The Hall–Kier alpha value is -6.10. The molecule has 5 unspecified atom stereocenters. The van der Waals surface area contributed by atoms with Gasteiger partial charge in [0.15, 0.2) is 12.2 Å². The molecule has 0 aliphatic heterocycles. The number of aliphatic hydroxyl groups excluding tert-OH is 1. The fourth-order valence-corrected chi connectivity index (χ4v) is 11.2. The van der Waals surface area contributed by atoms with Gasteiger partial charge in [-0.1, -0.05) is 286 Å². The highest BCUT2D eigenvalue weighted by Gasteiger charge is 2.30. The molecule has 17 nitrogen and oxygen atoms in total. The monoisotopic (exact) mass is 1520 g/mol. The molecule has 0 aliphatic rings. The summed E-state index contributed by atoms with van der Waals surface area (Å²) in [7, 11) is -10.0. The van der Waals surface area contributed by atoms with Gasteiger partial charge < -0.3 is 33.8 Å². The van der Waals surface area contributed by atoms with Gasteiger partial charge in [0.2, 0.25) is 0 Å². The Morgan fingerprint density at radius 2 is 0.547 bits per heavy atom. The highest BCUT2D eigenvalue weighted by molar-refractivity contribution is 7.47. The van der Waals surface area contributed by atoms with Gasteiger partial charge in [0.1, 0.15) is 19.3 Å². The number of unbranched alkanes of at least 4 members (excludes halogenated alkanes) is 15. The van der Waals surface area contributed by atoms with E-state index >= 15 is 0 Å². The number of hydrogen-bond donors (Lipinski definition) is 3. The number of phosphoric ester groups is 2. The number of phosphoric acid groups is 2. The summed E-state index contributed by atoms with van der Waals surface area (Å²) in [6.45, 7) is 4.25. The van der Waals surface area contributed by atoms with Gasteiger partial charge in [-0.3, -0.25) is 37.3 Å². The summed E-state index contributed by atoms with van der Waals surface area (Å²) in [5, 5.41) is 10.6. The molecule has 106 heavy (non-hydrogen) atoms. The van der Waals surface area contributed by atoms with Gasteiger partial charge >= 0.3 is 39.5 Å². The Kier molecular flexibility index (Phi) is 72.6. The highest BCUT2D eigenvalue weighted by Crippen LogP contribution is 2.45. The third-order valence-electron chi connectivity index (χ3n) is 15.6. The number of esters is 4. The van der Waals surface area contributed by atoms with Crippen molar-refractivity contribution < 1.29 is 80.2 Å².